The molecule has 1 aliphatic rings. The third kappa shape index (κ3) is 1.28. The first kappa shape index (κ1) is 6.27. The van der Waals surface area contributed by atoms with E-state index in [0.717, 1.165) is 24.7 Å². The molecule has 9 heavy (non-hydrogen) atoms. The topological polar surface area (TPSA) is 17.1 Å². The summed E-state index contributed by atoms with van der Waals surface area (Å²) in [5, 5.41) is 0. The molecule has 1 nitrogen and oxygen atoms in total. The average Bonchev–Trinajstić information content (AvgIpc) is 1.89. The lowest BCUT2D eigenvalue weighted by Crippen LogP contribution is -1.92. The molecule has 0 amide bonds. The normalized spacial score (nSPS) is 18.3. The van der Waals surface area contributed by atoms with Crippen LogP contribution < -0.4 is 0 Å². The van der Waals surface area contributed by atoms with E-state index in [4.69, 9.17) is 0 Å². The van der Waals surface area contributed by atoms with Crippen molar-refractivity contribution in [1.29, 1.82) is 0 Å². The molecule has 0 aliphatic heterocycles. The van der Waals surface area contributed by atoms with Gasteiger partial charge in [0, 0.05) is 0 Å². The summed E-state index contributed by atoms with van der Waals surface area (Å²) in [5.74, 6) is 0. The van der Waals surface area contributed by atoms with E-state index in [0.29, 0.717) is 0 Å². The Bertz CT molecular complexity index is 175. The molecule has 1 heteroatoms. The Morgan fingerprint density at radius 3 is 2.56 bits per heavy atom. The number of carbonyl (C=O) groups is 1. The zero-order valence-electron chi connectivity index (χ0n) is 5.55. The summed E-state index contributed by atoms with van der Waals surface area (Å²) < 4.78 is 0. The zero-order valence-corrected chi connectivity index (χ0v) is 5.55. The van der Waals surface area contributed by atoms with Crippen molar-refractivity contribution in [2.45, 2.75) is 19.8 Å². The quantitative estimate of drug-likeness (QED) is 0.383. The van der Waals surface area contributed by atoms with Crippen molar-refractivity contribution in [2.24, 2.45) is 0 Å². The van der Waals surface area contributed by atoms with Crippen LogP contribution in [0.1, 0.15) is 19.8 Å². The van der Waals surface area contributed by atoms with E-state index in [-0.39, 0.29) is 0 Å². The van der Waals surface area contributed by atoms with Crippen molar-refractivity contribution in [3.05, 3.63) is 23.3 Å². The van der Waals surface area contributed by atoms with Crippen LogP contribution in [0.3, 0.4) is 0 Å². The molecule has 0 aromatic carbocycles. The smallest absolute Gasteiger partial charge is 0.146 e. The molecule has 0 aromatic heterocycles. The van der Waals surface area contributed by atoms with Crippen LogP contribution in [0, 0.1) is 0 Å². The Kier molecular flexibility index (Phi) is 1.83. The van der Waals surface area contributed by atoms with Gasteiger partial charge in [0.2, 0.25) is 0 Å². The summed E-state index contributed by atoms with van der Waals surface area (Å²) in [5.41, 5.74) is 2.17. The zero-order chi connectivity index (χ0) is 6.69. The first-order valence-corrected chi connectivity index (χ1v) is 3.13. The number of carbonyl (C=O) groups excluding carboxylic acids is 1. The van der Waals surface area contributed by atoms with Crippen molar-refractivity contribution in [3.63, 3.8) is 0 Å². The monoisotopic (exact) mass is 122 g/mol. The third-order valence-corrected chi connectivity index (χ3v) is 1.62. The molecule has 0 atom stereocenters. The third-order valence-electron chi connectivity index (χ3n) is 1.62. The molecule has 0 heterocycles. The summed E-state index contributed by atoms with van der Waals surface area (Å²) in [6.45, 7) is 2.01. The van der Waals surface area contributed by atoms with Crippen LogP contribution in [-0.2, 0) is 4.79 Å². The summed E-state index contributed by atoms with van der Waals surface area (Å²) in [4.78, 5) is 10.3. The Morgan fingerprint density at radius 2 is 2.11 bits per heavy atom. The Hall–Kier alpha value is -0.850. The van der Waals surface area contributed by atoms with Crippen molar-refractivity contribution < 1.29 is 4.79 Å². The maximum atomic E-state index is 10.3. The predicted molar refractivity (Wildman–Crippen MR) is 37.1 cm³/mol. The summed E-state index contributed by atoms with van der Waals surface area (Å²) >= 11 is 0. The van der Waals surface area contributed by atoms with Gasteiger partial charge in [-0.3, -0.25) is 4.79 Å². The molecular weight excluding hydrogens is 112 g/mol. The predicted octanol–water partition coefficient (Wildman–Crippen LogP) is 1.85. The second kappa shape index (κ2) is 2.62. The van der Waals surface area contributed by atoms with Gasteiger partial charge >= 0.3 is 0 Å². The molecule has 1 aliphatic carbocycles. The maximum absolute atomic E-state index is 10.3. The van der Waals surface area contributed by atoms with E-state index in [1.807, 2.05) is 13.0 Å². The molecule has 0 aromatic rings. The highest BCUT2D eigenvalue weighted by Crippen LogP contribution is 2.16. The van der Waals surface area contributed by atoms with Crippen LogP contribution >= 0.6 is 0 Å². The van der Waals surface area contributed by atoms with Gasteiger partial charge in [0.25, 0.3) is 0 Å². The van der Waals surface area contributed by atoms with Gasteiger partial charge in [0.15, 0.2) is 0 Å². The number of allylic oxidation sites excluding steroid dienone is 4. The van der Waals surface area contributed by atoms with Crippen molar-refractivity contribution in [3.8, 4) is 0 Å². The van der Waals surface area contributed by atoms with Crippen molar-refractivity contribution in [1.82, 2.24) is 0 Å². The van der Waals surface area contributed by atoms with Crippen LogP contribution in [0.15, 0.2) is 23.3 Å². The van der Waals surface area contributed by atoms with Gasteiger partial charge in [-0.05, 0) is 25.3 Å². The lowest BCUT2D eigenvalue weighted by molar-refractivity contribution is -0.105. The molecule has 1 rings (SSSR count). The number of rotatable bonds is 1. The van der Waals surface area contributed by atoms with Gasteiger partial charge in [-0.1, -0.05) is 17.7 Å². The largest absolute Gasteiger partial charge is 0.298 e. The van der Waals surface area contributed by atoms with Gasteiger partial charge in [-0.15, -0.1) is 0 Å². The Morgan fingerprint density at radius 1 is 1.44 bits per heavy atom. The molecule has 0 radical (unpaired) electrons. The first-order valence-electron chi connectivity index (χ1n) is 3.13. The first-order chi connectivity index (χ1) is 4.34. The van der Waals surface area contributed by atoms with Gasteiger partial charge in [-0.2, -0.15) is 0 Å². The summed E-state index contributed by atoms with van der Waals surface area (Å²) in [7, 11) is 0. The van der Waals surface area contributed by atoms with Crippen LogP contribution in [0.25, 0.3) is 0 Å². The fourth-order valence-corrected chi connectivity index (χ4v) is 0.924. The molecule has 0 unspecified atom stereocenters. The molecule has 48 valence electrons. The minimum Gasteiger partial charge on any atom is -0.298 e. The van der Waals surface area contributed by atoms with Gasteiger partial charge in [0.05, 0.1) is 0 Å². The molecule has 0 saturated heterocycles. The SMILES string of the molecule is CC1=C(C=O)CC=CC1. The maximum Gasteiger partial charge on any atom is 0.146 e. The van der Waals surface area contributed by atoms with Crippen LogP contribution in [0.4, 0.5) is 0 Å². The van der Waals surface area contributed by atoms with E-state index in [1.54, 1.807) is 0 Å². The lowest BCUT2D eigenvalue weighted by Gasteiger charge is -2.05. The molecular formula is C8H10O. The highest BCUT2D eigenvalue weighted by atomic mass is 16.1. The Balaban J connectivity index is 2.75. The molecule has 0 saturated carbocycles. The molecule has 0 spiro atoms. The highest BCUT2D eigenvalue weighted by molar-refractivity contribution is 5.75. The summed E-state index contributed by atoms with van der Waals surface area (Å²) in [6, 6.07) is 0. The molecule has 0 N–H and O–H groups in total. The molecule has 0 bridgehead atoms. The summed E-state index contributed by atoms with van der Waals surface area (Å²) in [6.07, 6.45) is 6.88. The lowest BCUT2D eigenvalue weighted by atomic mass is 10.00. The fourth-order valence-electron chi connectivity index (χ4n) is 0.924. The number of aldehydes is 1. The van der Waals surface area contributed by atoms with Crippen molar-refractivity contribution >= 4 is 6.29 Å². The van der Waals surface area contributed by atoms with E-state index in [9.17, 15) is 4.79 Å². The van der Waals surface area contributed by atoms with Crippen LogP contribution in [0.2, 0.25) is 0 Å². The average molecular weight is 122 g/mol. The van der Waals surface area contributed by atoms with Gasteiger partial charge in [-0.25, -0.2) is 0 Å². The van der Waals surface area contributed by atoms with E-state index < -0.39 is 0 Å². The number of hydrogen-bond acceptors (Lipinski definition) is 1. The van der Waals surface area contributed by atoms with E-state index in [1.165, 1.54) is 5.57 Å². The van der Waals surface area contributed by atoms with E-state index in [2.05, 4.69) is 6.08 Å². The minimum absolute atomic E-state index is 0.829. The number of hydrogen-bond donors (Lipinski definition) is 0. The highest BCUT2D eigenvalue weighted by Gasteiger charge is 2.01. The van der Waals surface area contributed by atoms with Gasteiger partial charge in [0.1, 0.15) is 6.29 Å². The standard InChI is InChI=1S/C8H10O/c1-7-4-2-3-5-8(7)6-9/h2-3,6H,4-5H2,1H3. The Labute approximate surface area is 55.1 Å². The second-order valence-corrected chi connectivity index (χ2v) is 2.30. The fraction of sp³-hybridized carbons (Fsp3) is 0.375. The van der Waals surface area contributed by atoms with Crippen LogP contribution in [0.5, 0.6) is 0 Å². The van der Waals surface area contributed by atoms with Gasteiger partial charge < -0.3 is 0 Å². The van der Waals surface area contributed by atoms with Crippen molar-refractivity contribution in [2.75, 3.05) is 0 Å². The second-order valence-electron chi connectivity index (χ2n) is 2.30. The van der Waals surface area contributed by atoms with Crippen LogP contribution in [-0.4, -0.2) is 6.29 Å². The van der Waals surface area contributed by atoms with E-state index >= 15 is 0 Å². The minimum atomic E-state index is 0.829. The molecule has 0 fully saturated rings.